The summed E-state index contributed by atoms with van der Waals surface area (Å²) in [7, 11) is 0. The molecule has 1 aromatic rings. The van der Waals surface area contributed by atoms with Crippen molar-refractivity contribution in [1.29, 1.82) is 0 Å². The van der Waals surface area contributed by atoms with Gasteiger partial charge in [-0.2, -0.15) is 0 Å². The van der Waals surface area contributed by atoms with Gasteiger partial charge in [-0.1, -0.05) is 33.6 Å². The first-order valence-corrected chi connectivity index (χ1v) is 7.21. The highest BCUT2D eigenvalue weighted by Gasteiger charge is 2.45. The zero-order valence-electron chi connectivity index (χ0n) is 11.9. The van der Waals surface area contributed by atoms with Crippen LogP contribution < -0.4 is 0 Å². The second-order valence-corrected chi connectivity index (χ2v) is 6.34. The van der Waals surface area contributed by atoms with Crippen molar-refractivity contribution in [2.24, 2.45) is 5.41 Å². The molecule has 3 heteroatoms. The van der Waals surface area contributed by atoms with Crippen LogP contribution in [0.4, 0.5) is 0 Å². The molecule has 0 aromatic carbocycles. The number of imidazole rings is 1. The van der Waals surface area contributed by atoms with Crippen LogP contribution in [-0.4, -0.2) is 20.3 Å². The standard InChI is InChI=1S/C15H26N2O/c1-4-10-17-11-9-16-13(17)12-15(18)8-6-5-7-14(15,2)3/h9,11,18H,4-8,10,12H2,1-3H3. The summed E-state index contributed by atoms with van der Waals surface area (Å²) in [4.78, 5) is 4.44. The molecule has 0 saturated heterocycles. The van der Waals surface area contributed by atoms with Crippen LogP contribution in [0.1, 0.15) is 58.7 Å². The predicted molar refractivity (Wildman–Crippen MR) is 73.4 cm³/mol. The molecule has 1 aliphatic rings. The Morgan fingerprint density at radius 2 is 2.06 bits per heavy atom. The first-order chi connectivity index (χ1) is 8.48. The van der Waals surface area contributed by atoms with Gasteiger partial charge in [0.05, 0.1) is 5.60 Å². The Kier molecular flexibility index (Phi) is 3.81. The van der Waals surface area contributed by atoms with Crippen molar-refractivity contribution < 1.29 is 5.11 Å². The maximum Gasteiger partial charge on any atom is 0.111 e. The number of aromatic nitrogens is 2. The average Bonchev–Trinajstić information content (AvgIpc) is 2.71. The monoisotopic (exact) mass is 250 g/mol. The number of hydrogen-bond donors (Lipinski definition) is 1. The highest BCUT2D eigenvalue weighted by molar-refractivity contribution is 5.05. The summed E-state index contributed by atoms with van der Waals surface area (Å²) in [5.41, 5.74) is -0.601. The van der Waals surface area contributed by atoms with Crippen molar-refractivity contribution in [2.45, 2.75) is 71.4 Å². The summed E-state index contributed by atoms with van der Waals surface area (Å²) >= 11 is 0. The maximum absolute atomic E-state index is 11.0. The normalized spacial score (nSPS) is 27.3. The minimum absolute atomic E-state index is 0.00571. The smallest absolute Gasteiger partial charge is 0.111 e. The SMILES string of the molecule is CCCn1ccnc1CC1(O)CCCCC1(C)C. The fourth-order valence-electron chi connectivity index (χ4n) is 3.10. The van der Waals surface area contributed by atoms with Gasteiger partial charge < -0.3 is 9.67 Å². The van der Waals surface area contributed by atoms with Gasteiger partial charge in [0.2, 0.25) is 0 Å². The number of rotatable bonds is 4. The van der Waals surface area contributed by atoms with Gasteiger partial charge in [0.15, 0.2) is 0 Å². The number of nitrogens with zero attached hydrogens (tertiary/aromatic N) is 2. The maximum atomic E-state index is 11.0. The highest BCUT2D eigenvalue weighted by Crippen LogP contribution is 2.45. The Balaban J connectivity index is 2.18. The van der Waals surface area contributed by atoms with Crippen LogP contribution in [0.15, 0.2) is 12.4 Å². The zero-order chi connectivity index (χ0) is 13.2. The third kappa shape index (κ3) is 2.46. The first kappa shape index (κ1) is 13.6. The molecule has 1 fully saturated rings. The topological polar surface area (TPSA) is 38.0 Å². The second-order valence-electron chi connectivity index (χ2n) is 6.34. The molecule has 0 amide bonds. The molecule has 1 heterocycles. The van der Waals surface area contributed by atoms with E-state index in [0.29, 0.717) is 6.42 Å². The van der Waals surface area contributed by atoms with Crippen molar-refractivity contribution in [3.05, 3.63) is 18.2 Å². The highest BCUT2D eigenvalue weighted by atomic mass is 16.3. The molecule has 1 saturated carbocycles. The third-order valence-corrected chi connectivity index (χ3v) is 4.62. The summed E-state index contributed by atoms with van der Waals surface area (Å²) in [5.74, 6) is 1.04. The third-order valence-electron chi connectivity index (χ3n) is 4.62. The lowest BCUT2D eigenvalue weighted by atomic mass is 9.64. The van der Waals surface area contributed by atoms with E-state index in [4.69, 9.17) is 0 Å². The molecule has 0 bridgehead atoms. The van der Waals surface area contributed by atoms with E-state index in [1.54, 1.807) is 0 Å². The van der Waals surface area contributed by atoms with Gasteiger partial charge in [-0.25, -0.2) is 4.98 Å². The average molecular weight is 250 g/mol. The fourth-order valence-corrected chi connectivity index (χ4v) is 3.10. The van der Waals surface area contributed by atoms with Gasteiger partial charge in [-0.15, -0.1) is 0 Å². The molecule has 1 atom stereocenters. The van der Waals surface area contributed by atoms with E-state index in [-0.39, 0.29) is 5.41 Å². The van der Waals surface area contributed by atoms with Crippen LogP contribution in [0.3, 0.4) is 0 Å². The summed E-state index contributed by atoms with van der Waals surface area (Å²) in [6.07, 6.45) is 10.0. The summed E-state index contributed by atoms with van der Waals surface area (Å²) in [6.45, 7) is 7.55. The predicted octanol–water partition coefficient (Wildman–Crippen LogP) is 3.17. The molecule has 0 spiro atoms. The summed E-state index contributed by atoms with van der Waals surface area (Å²) < 4.78 is 2.18. The van der Waals surface area contributed by atoms with Crippen molar-refractivity contribution >= 4 is 0 Å². The Morgan fingerprint density at radius 3 is 2.72 bits per heavy atom. The Hall–Kier alpha value is -0.830. The zero-order valence-corrected chi connectivity index (χ0v) is 11.9. The fraction of sp³-hybridized carbons (Fsp3) is 0.800. The van der Waals surface area contributed by atoms with Gasteiger partial charge in [0.25, 0.3) is 0 Å². The molecule has 0 aliphatic heterocycles. The van der Waals surface area contributed by atoms with Crippen molar-refractivity contribution in [2.75, 3.05) is 0 Å². The second kappa shape index (κ2) is 5.04. The Morgan fingerprint density at radius 1 is 1.33 bits per heavy atom. The van der Waals surface area contributed by atoms with E-state index < -0.39 is 5.60 Å². The van der Waals surface area contributed by atoms with Crippen molar-refractivity contribution in [3.63, 3.8) is 0 Å². The van der Waals surface area contributed by atoms with E-state index in [2.05, 4.69) is 30.3 Å². The van der Waals surface area contributed by atoms with Gasteiger partial charge in [0, 0.05) is 25.4 Å². The molecular weight excluding hydrogens is 224 g/mol. The van der Waals surface area contributed by atoms with Crippen molar-refractivity contribution in [3.8, 4) is 0 Å². The molecule has 1 aliphatic carbocycles. The molecule has 2 rings (SSSR count). The van der Waals surface area contributed by atoms with E-state index in [9.17, 15) is 5.11 Å². The molecule has 18 heavy (non-hydrogen) atoms. The van der Waals surface area contributed by atoms with E-state index >= 15 is 0 Å². The molecule has 1 N–H and O–H groups in total. The van der Waals surface area contributed by atoms with E-state index in [0.717, 1.165) is 38.1 Å². The minimum atomic E-state index is -0.595. The molecule has 3 nitrogen and oxygen atoms in total. The number of hydrogen-bond acceptors (Lipinski definition) is 2. The van der Waals surface area contributed by atoms with E-state index in [1.165, 1.54) is 6.42 Å². The Bertz CT molecular complexity index is 397. The lowest BCUT2D eigenvalue weighted by Gasteiger charge is -2.46. The summed E-state index contributed by atoms with van der Waals surface area (Å²) in [6, 6.07) is 0. The van der Waals surface area contributed by atoms with Crippen LogP contribution in [0.2, 0.25) is 0 Å². The van der Waals surface area contributed by atoms with Crippen LogP contribution in [-0.2, 0) is 13.0 Å². The minimum Gasteiger partial charge on any atom is -0.389 e. The molecular formula is C15H26N2O. The van der Waals surface area contributed by atoms with E-state index in [1.807, 2.05) is 12.4 Å². The quantitative estimate of drug-likeness (QED) is 0.891. The van der Waals surface area contributed by atoms with Crippen LogP contribution in [0.5, 0.6) is 0 Å². The number of aliphatic hydroxyl groups is 1. The van der Waals surface area contributed by atoms with Gasteiger partial charge in [-0.3, -0.25) is 0 Å². The molecule has 1 aromatic heterocycles. The van der Waals surface area contributed by atoms with Crippen molar-refractivity contribution in [1.82, 2.24) is 9.55 Å². The van der Waals surface area contributed by atoms with Gasteiger partial charge in [0.1, 0.15) is 5.82 Å². The van der Waals surface area contributed by atoms with Crippen LogP contribution in [0.25, 0.3) is 0 Å². The Labute approximate surface area is 110 Å². The molecule has 0 radical (unpaired) electrons. The van der Waals surface area contributed by atoms with Gasteiger partial charge in [-0.05, 0) is 24.7 Å². The largest absolute Gasteiger partial charge is 0.389 e. The first-order valence-electron chi connectivity index (χ1n) is 7.21. The summed E-state index contributed by atoms with van der Waals surface area (Å²) in [5, 5.41) is 11.0. The molecule has 1 unspecified atom stereocenters. The van der Waals surface area contributed by atoms with Gasteiger partial charge >= 0.3 is 0 Å². The lowest BCUT2D eigenvalue weighted by Crippen LogP contribution is -2.49. The lowest BCUT2D eigenvalue weighted by molar-refractivity contribution is -0.0974. The van der Waals surface area contributed by atoms with Crippen LogP contribution >= 0.6 is 0 Å². The van der Waals surface area contributed by atoms with Crippen LogP contribution in [0, 0.1) is 5.41 Å². The molecule has 102 valence electrons. The number of aryl methyl sites for hydroxylation is 1.